The molecule has 0 bridgehead atoms. The van der Waals surface area contributed by atoms with E-state index in [1.807, 2.05) is 0 Å². The number of hydrogen-bond donors (Lipinski definition) is 2. The number of nitrogens with one attached hydrogen (secondary N) is 1. The van der Waals surface area contributed by atoms with Crippen LogP contribution in [0.2, 0.25) is 0 Å². The lowest BCUT2D eigenvalue weighted by atomic mass is 10.0. The molecule has 0 spiro atoms. The number of carbonyl (C=O) groups is 2. The van der Waals surface area contributed by atoms with Gasteiger partial charge in [0.05, 0.1) is 5.56 Å². The SMILES string of the molecule is NC(=O)[C@H](Cc1ccccc1F)NC(=O)c1ccccc1F. The number of carbonyl (C=O) groups excluding carboxylic acids is 2. The van der Waals surface area contributed by atoms with Gasteiger partial charge in [0.15, 0.2) is 0 Å². The maximum absolute atomic E-state index is 13.6. The van der Waals surface area contributed by atoms with Crippen molar-refractivity contribution in [1.29, 1.82) is 0 Å². The molecule has 114 valence electrons. The van der Waals surface area contributed by atoms with Gasteiger partial charge >= 0.3 is 0 Å². The van der Waals surface area contributed by atoms with E-state index in [-0.39, 0.29) is 17.5 Å². The Morgan fingerprint density at radius 3 is 2.18 bits per heavy atom. The quantitative estimate of drug-likeness (QED) is 0.884. The van der Waals surface area contributed by atoms with Gasteiger partial charge in [0, 0.05) is 6.42 Å². The second-order valence-corrected chi connectivity index (χ2v) is 4.70. The summed E-state index contributed by atoms with van der Waals surface area (Å²) < 4.78 is 27.2. The Bertz CT molecular complexity index is 704. The van der Waals surface area contributed by atoms with Crippen molar-refractivity contribution in [3.63, 3.8) is 0 Å². The minimum atomic E-state index is -1.14. The first kappa shape index (κ1) is 15.6. The molecule has 0 heterocycles. The number of benzene rings is 2. The number of primary amides is 1. The van der Waals surface area contributed by atoms with Crippen LogP contribution in [0.4, 0.5) is 8.78 Å². The van der Waals surface area contributed by atoms with E-state index in [0.29, 0.717) is 0 Å². The average Bonchev–Trinajstić information content (AvgIpc) is 2.49. The standard InChI is InChI=1S/C16H14F2N2O2/c17-12-7-3-1-5-10(12)9-14(15(19)21)20-16(22)11-6-2-4-8-13(11)18/h1-8,14H,9H2,(H2,19,21)(H,20,22)/t14-/m0/s1. The van der Waals surface area contributed by atoms with E-state index < -0.39 is 29.5 Å². The van der Waals surface area contributed by atoms with Gasteiger partial charge in [-0.1, -0.05) is 30.3 Å². The summed E-state index contributed by atoms with van der Waals surface area (Å²) in [4.78, 5) is 23.5. The number of amides is 2. The smallest absolute Gasteiger partial charge is 0.254 e. The lowest BCUT2D eigenvalue weighted by molar-refractivity contribution is -0.119. The molecule has 0 aliphatic rings. The van der Waals surface area contributed by atoms with Gasteiger partial charge < -0.3 is 11.1 Å². The van der Waals surface area contributed by atoms with Gasteiger partial charge in [-0.3, -0.25) is 9.59 Å². The molecule has 2 rings (SSSR count). The molecular formula is C16H14F2N2O2. The van der Waals surface area contributed by atoms with Crippen molar-refractivity contribution in [1.82, 2.24) is 5.32 Å². The van der Waals surface area contributed by atoms with Gasteiger partial charge in [0.25, 0.3) is 5.91 Å². The summed E-state index contributed by atoms with van der Waals surface area (Å²) in [6.45, 7) is 0. The Balaban J connectivity index is 2.16. The van der Waals surface area contributed by atoms with E-state index in [9.17, 15) is 18.4 Å². The van der Waals surface area contributed by atoms with Gasteiger partial charge in [-0.2, -0.15) is 0 Å². The monoisotopic (exact) mass is 304 g/mol. The Morgan fingerprint density at radius 1 is 1.00 bits per heavy atom. The Hall–Kier alpha value is -2.76. The number of hydrogen-bond acceptors (Lipinski definition) is 2. The lowest BCUT2D eigenvalue weighted by Crippen LogP contribution is -2.46. The lowest BCUT2D eigenvalue weighted by Gasteiger charge is -2.16. The molecule has 22 heavy (non-hydrogen) atoms. The van der Waals surface area contributed by atoms with Crippen LogP contribution >= 0.6 is 0 Å². The number of halogens is 2. The highest BCUT2D eigenvalue weighted by Crippen LogP contribution is 2.11. The molecule has 3 N–H and O–H groups in total. The Morgan fingerprint density at radius 2 is 1.59 bits per heavy atom. The Labute approximate surface area is 125 Å². The van der Waals surface area contributed by atoms with E-state index in [2.05, 4.69) is 5.32 Å². The van der Waals surface area contributed by atoms with E-state index in [1.165, 1.54) is 36.4 Å². The van der Waals surface area contributed by atoms with Gasteiger partial charge in [0.1, 0.15) is 17.7 Å². The first-order chi connectivity index (χ1) is 10.5. The summed E-state index contributed by atoms with van der Waals surface area (Å²) in [5.74, 6) is -2.82. The molecule has 0 aromatic heterocycles. The molecule has 2 aromatic carbocycles. The molecule has 0 radical (unpaired) electrons. The van der Waals surface area contributed by atoms with Crippen molar-refractivity contribution in [3.05, 3.63) is 71.3 Å². The van der Waals surface area contributed by atoms with Crippen molar-refractivity contribution in [2.75, 3.05) is 0 Å². The zero-order valence-corrected chi connectivity index (χ0v) is 11.6. The first-order valence-electron chi connectivity index (χ1n) is 6.57. The predicted molar refractivity (Wildman–Crippen MR) is 77.0 cm³/mol. The van der Waals surface area contributed by atoms with E-state index in [0.717, 1.165) is 6.07 Å². The van der Waals surface area contributed by atoms with E-state index in [1.54, 1.807) is 6.07 Å². The molecule has 0 aliphatic carbocycles. The summed E-state index contributed by atoms with van der Waals surface area (Å²) in [5, 5.41) is 2.33. The fraction of sp³-hybridized carbons (Fsp3) is 0.125. The molecule has 4 nitrogen and oxygen atoms in total. The Kier molecular flexibility index (Phi) is 4.83. The predicted octanol–water partition coefficient (Wildman–Crippen LogP) is 1.79. The van der Waals surface area contributed by atoms with Crippen LogP contribution < -0.4 is 11.1 Å². The van der Waals surface area contributed by atoms with Crippen molar-refractivity contribution < 1.29 is 18.4 Å². The van der Waals surface area contributed by atoms with Gasteiger partial charge in [-0.25, -0.2) is 8.78 Å². The van der Waals surface area contributed by atoms with Crippen LogP contribution in [-0.4, -0.2) is 17.9 Å². The second-order valence-electron chi connectivity index (χ2n) is 4.70. The third-order valence-electron chi connectivity index (χ3n) is 3.15. The molecule has 1 atom stereocenters. The second kappa shape index (κ2) is 6.80. The summed E-state index contributed by atoms with van der Waals surface area (Å²) in [6.07, 6.45) is -0.109. The van der Waals surface area contributed by atoms with Crippen LogP contribution in [-0.2, 0) is 11.2 Å². The molecule has 2 aromatic rings. The number of rotatable bonds is 5. The summed E-state index contributed by atoms with van der Waals surface area (Å²) in [6, 6.07) is 10.1. The maximum atomic E-state index is 13.6. The van der Waals surface area contributed by atoms with Crippen molar-refractivity contribution in [2.45, 2.75) is 12.5 Å². The average molecular weight is 304 g/mol. The van der Waals surface area contributed by atoms with Crippen LogP contribution in [0, 0.1) is 11.6 Å². The molecule has 0 aliphatic heterocycles. The molecule has 0 saturated carbocycles. The molecule has 0 saturated heterocycles. The van der Waals surface area contributed by atoms with Crippen LogP contribution in [0.15, 0.2) is 48.5 Å². The van der Waals surface area contributed by atoms with Crippen LogP contribution in [0.1, 0.15) is 15.9 Å². The van der Waals surface area contributed by atoms with E-state index >= 15 is 0 Å². The van der Waals surface area contributed by atoms with Crippen LogP contribution in [0.5, 0.6) is 0 Å². The molecule has 6 heteroatoms. The highest BCUT2D eigenvalue weighted by molar-refractivity contribution is 5.97. The third-order valence-corrected chi connectivity index (χ3v) is 3.15. The largest absolute Gasteiger partial charge is 0.368 e. The first-order valence-corrected chi connectivity index (χ1v) is 6.57. The maximum Gasteiger partial charge on any atom is 0.254 e. The topological polar surface area (TPSA) is 72.2 Å². The highest BCUT2D eigenvalue weighted by Gasteiger charge is 2.22. The fourth-order valence-electron chi connectivity index (χ4n) is 1.99. The van der Waals surface area contributed by atoms with E-state index in [4.69, 9.17) is 5.73 Å². The number of nitrogens with two attached hydrogens (primary N) is 1. The molecular weight excluding hydrogens is 290 g/mol. The third kappa shape index (κ3) is 3.66. The molecule has 0 unspecified atom stereocenters. The minimum absolute atomic E-state index is 0.109. The van der Waals surface area contributed by atoms with Gasteiger partial charge in [0.2, 0.25) is 5.91 Å². The minimum Gasteiger partial charge on any atom is -0.368 e. The summed E-state index contributed by atoms with van der Waals surface area (Å²) in [7, 11) is 0. The zero-order valence-electron chi connectivity index (χ0n) is 11.6. The van der Waals surface area contributed by atoms with Crippen molar-refractivity contribution >= 4 is 11.8 Å². The molecule has 2 amide bonds. The van der Waals surface area contributed by atoms with Crippen molar-refractivity contribution in [2.24, 2.45) is 5.73 Å². The fourth-order valence-corrected chi connectivity index (χ4v) is 1.99. The zero-order chi connectivity index (χ0) is 16.1. The van der Waals surface area contributed by atoms with Crippen LogP contribution in [0.25, 0.3) is 0 Å². The van der Waals surface area contributed by atoms with Gasteiger partial charge in [-0.05, 0) is 23.8 Å². The van der Waals surface area contributed by atoms with Gasteiger partial charge in [-0.15, -0.1) is 0 Å². The highest BCUT2D eigenvalue weighted by atomic mass is 19.1. The summed E-state index contributed by atoms with van der Waals surface area (Å²) in [5.41, 5.74) is 5.26. The molecule has 0 fully saturated rings. The normalized spacial score (nSPS) is 11.7. The van der Waals surface area contributed by atoms with Crippen molar-refractivity contribution in [3.8, 4) is 0 Å². The van der Waals surface area contributed by atoms with Crippen LogP contribution in [0.3, 0.4) is 0 Å². The summed E-state index contributed by atoms with van der Waals surface area (Å²) >= 11 is 0.